The summed E-state index contributed by atoms with van der Waals surface area (Å²) < 4.78 is 7.57. The van der Waals surface area contributed by atoms with Crippen LogP contribution >= 0.6 is 0 Å². The smallest absolute Gasteiger partial charge is 0.138 e. The first kappa shape index (κ1) is 12.2. The predicted octanol–water partition coefficient (Wildman–Crippen LogP) is 1.48. The molecule has 0 bridgehead atoms. The minimum Gasteiger partial charge on any atom is -0.493 e. The van der Waals surface area contributed by atoms with E-state index in [1.54, 1.807) is 6.33 Å². The Morgan fingerprint density at radius 2 is 2.26 bits per heavy atom. The van der Waals surface area contributed by atoms with Gasteiger partial charge in [0.1, 0.15) is 17.9 Å². The van der Waals surface area contributed by atoms with Gasteiger partial charge in [0.25, 0.3) is 0 Å². The van der Waals surface area contributed by atoms with Crippen molar-refractivity contribution in [2.24, 2.45) is 5.73 Å². The molecule has 0 radical (unpaired) electrons. The Hall–Kier alpha value is -1.88. The van der Waals surface area contributed by atoms with Crippen molar-refractivity contribution in [1.29, 1.82) is 0 Å². The van der Waals surface area contributed by atoms with Gasteiger partial charge in [-0.2, -0.15) is 5.10 Å². The maximum Gasteiger partial charge on any atom is 0.138 e. The van der Waals surface area contributed by atoms with E-state index in [2.05, 4.69) is 17.0 Å². The van der Waals surface area contributed by atoms with Gasteiger partial charge in [0.15, 0.2) is 0 Å². The molecule has 1 aromatic carbocycles. The Bertz CT molecular complexity index is 580. The number of ether oxygens (including phenoxy) is 1. The molecule has 1 unspecified atom stereocenters. The first-order valence-electron chi connectivity index (χ1n) is 6.61. The largest absolute Gasteiger partial charge is 0.493 e. The van der Waals surface area contributed by atoms with Gasteiger partial charge in [0.2, 0.25) is 0 Å². The van der Waals surface area contributed by atoms with E-state index in [0.29, 0.717) is 13.0 Å². The highest BCUT2D eigenvalue weighted by Crippen LogP contribution is 2.36. The highest BCUT2D eigenvalue weighted by atomic mass is 16.5. The molecular weight excluding hydrogens is 240 g/mol. The van der Waals surface area contributed by atoms with E-state index < -0.39 is 5.54 Å². The molecule has 2 aromatic rings. The van der Waals surface area contributed by atoms with Crippen molar-refractivity contribution in [3.63, 3.8) is 0 Å². The first-order chi connectivity index (χ1) is 9.23. The second-order valence-corrected chi connectivity index (χ2v) is 4.92. The lowest BCUT2D eigenvalue weighted by molar-refractivity contribution is 0.212. The Balaban J connectivity index is 1.96. The fourth-order valence-corrected chi connectivity index (χ4v) is 2.64. The summed E-state index contributed by atoms with van der Waals surface area (Å²) in [5, 5.41) is 4.21. The molecule has 0 spiro atoms. The van der Waals surface area contributed by atoms with Crippen LogP contribution in [-0.2, 0) is 18.5 Å². The minimum absolute atomic E-state index is 0.422. The second-order valence-electron chi connectivity index (χ2n) is 4.92. The van der Waals surface area contributed by atoms with Gasteiger partial charge in [0, 0.05) is 24.9 Å². The van der Waals surface area contributed by atoms with Gasteiger partial charge in [-0.1, -0.05) is 18.2 Å². The Kier molecular flexibility index (Phi) is 2.98. The summed E-state index contributed by atoms with van der Waals surface area (Å²) in [6.07, 6.45) is 3.06. The Morgan fingerprint density at radius 3 is 3.11 bits per heavy atom. The second kappa shape index (κ2) is 4.66. The molecular formula is C14H18N4O. The summed E-state index contributed by atoms with van der Waals surface area (Å²) in [6, 6.07) is 7.99. The first-order valence-corrected chi connectivity index (χ1v) is 6.61. The third kappa shape index (κ3) is 2.10. The van der Waals surface area contributed by atoms with Crippen molar-refractivity contribution in [1.82, 2.24) is 14.8 Å². The number of benzene rings is 1. The van der Waals surface area contributed by atoms with Crippen molar-refractivity contribution < 1.29 is 4.74 Å². The standard InChI is InChI=1S/C14H18N4O/c1-2-18-13(16-10-17-18)9-14(15)7-8-19-12-6-4-3-5-11(12)14/h3-6,10H,2,7-9,15H2,1H3. The summed E-state index contributed by atoms with van der Waals surface area (Å²) in [4.78, 5) is 4.33. The van der Waals surface area contributed by atoms with E-state index in [1.807, 2.05) is 28.9 Å². The van der Waals surface area contributed by atoms with Crippen LogP contribution in [0.3, 0.4) is 0 Å². The number of hydrogen-bond acceptors (Lipinski definition) is 4. The van der Waals surface area contributed by atoms with Crippen molar-refractivity contribution in [3.8, 4) is 5.75 Å². The number of hydrogen-bond donors (Lipinski definition) is 1. The van der Waals surface area contributed by atoms with Gasteiger partial charge in [-0.3, -0.25) is 4.68 Å². The van der Waals surface area contributed by atoms with E-state index in [4.69, 9.17) is 10.5 Å². The predicted molar refractivity (Wildman–Crippen MR) is 71.8 cm³/mol. The molecule has 2 N–H and O–H groups in total. The van der Waals surface area contributed by atoms with Gasteiger partial charge < -0.3 is 10.5 Å². The lowest BCUT2D eigenvalue weighted by Crippen LogP contribution is -2.44. The number of aromatic nitrogens is 3. The maximum atomic E-state index is 6.62. The summed E-state index contributed by atoms with van der Waals surface area (Å²) >= 11 is 0. The van der Waals surface area contributed by atoms with Crippen LogP contribution in [0, 0.1) is 0 Å². The van der Waals surface area contributed by atoms with E-state index in [0.717, 1.165) is 30.1 Å². The third-order valence-electron chi connectivity index (χ3n) is 3.70. The normalized spacial score (nSPS) is 21.8. The summed E-state index contributed by atoms with van der Waals surface area (Å²) in [7, 11) is 0. The lowest BCUT2D eigenvalue weighted by Gasteiger charge is -2.35. The molecule has 5 nitrogen and oxygen atoms in total. The summed E-state index contributed by atoms with van der Waals surface area (Å²) in [6.45, 7) is 3.51. The highest BCUT2D eigenvalue weighted by molar-refractivity contribution is 5.41. The highest BCUT2D eigenvalue weighted by Gasteiger charge is 2.35. The number of rotatable bonds is 3. The molecule has 1 aromatic heterocycles. The fourth-order valence-electron chi connectivity index (χ4n) is 2.64. The van der Waals surface area contributed by atoms with Crippen LogP contribution in [0.5, 0.6) is 5.75 Å². The molecule has 19 heavy (non-hydrogen) atoms. The molecule has 0 saturated heterocycles. The van der Waals surface area contributed by atoms with Gasteiger partial charge in [-0.05, 0) is 13.0 Å². The average molecular weight is 258 g/mol. The molecule has 5 heteroatoms. The number of para-hydroxylation sites is 1. The number of aryl methyl sites for hydroxylation is 1. The zero-order valence-corrected chi connectivity index (χ0v) is 11.0. The van der Waals surface area contributed by atoms with E-state index in [1.165, 1.54) is 0 Å². The van der Waals surface area contributed by atoms with Crippen molar-refractivity contribution in [2.75, 3.05) is 6.61 Å². The SMILES string of the molecule is CCn1ncnc1CC1(N)CCOc2ccccc21. The van der Waals surface area contributed by atoms with Crippen molar-refractivity contribution in [2.45, 2.75) is 31.8 Å². The van der Waals surface area contributed by atoms with E-state index >= 15 is 0 Å². The monoisotopic (exact) mass is 258 g/mol. The van der Waals surface area contributed by atoms with Crippen LogP contribution in [0.25, 0.3) is 0 Å². The molecule has 1 aliphatic rings. The zero-order valence-electron chi connectivity index (χ0n) is 11.0. The van der Waals surface area contributed by atoms with Crippen LogP contribution in [0.2, 0.25) is 0 Å². The minimum atomic E-state index is -0.422. The molecule has 0 fully saturated rings. The third-order valence-corrected chi connectivity index (χ3v) is 3.70. The van der Waals surface area contributed by atoms with Gasteiger partial charge >= 0.3 is 0 Å². The van der Waals surface area contributed by atoms with E-state index in [-0.39, 0.29) is 0 Å². The van der Waals surface area contributed by atoms with Crippen LogP contribution in [0.15, 0.2) is 30.6 Å². The zero-order chi connectivity index (χ0) is 13.3. The molecule has 0 aliphatic carbocycles. The molecule has 1 aliphatic heterocycles. The van der Waals surface area contributed by atoms with Crippen LogP contribution in [0.4, 0.5) is 0 Å². The van der Waals surface area contributed by atoms with Gasteiger partial charge in [-0.25, -0.2) is 4.98 Å². The van der Waals surface area contributed by atoms with Crippen LogP contribution < -0.4 is 10.5 Å². The van der Waals surface area contributed by atoms with E-state index in [9.17, 15) is 0 Å². The molecule has 1 atom stereocenters. The Morgan fingerprint density at radius 1 is 1.42 bits per heavy atom. The molecule has 0 amide bonds. The molecule has 0 saturated carbocycles. The van der Waals surface area contributed by atoms with Gasteiger partial charge in [-0.15, -0.1) is 0 Å². The van der Waals surface area contributed by atoms with Crippen molar-refractivity contribution >= 4 is 0 Å². The fraction of sp³-hybridized carbons (Fsp3) is 0.429. The van der Waals surface area contributed by atoms with Crippen LogP contribution in [-0.4, -0.2) is 21.4 Å². The topological polar surface area (TPSA) is 66.0 Å². The number of fused-ring (bicyclic) bond motifs is 1. The maximum absolute atomic E-state index is 6.62. The Labute approximate surface area is 112 Å². The lowest BCUT2D eigenvalue weighted by atomic mass is 9.82. The molecule has 3 rings (SSSR count). The van der Waals surface area contributed by atoms with Gasteiger partial charge in [0.05, 0.1) is 12.1 Å². The molecule has 100 valence electrons. The molecule has 2 heterocycles. The number of nitrogens with two attached hydrogens (primary N) is 1. The average Bonchev–Trinajstić information content (AvgIpc) is 2.86. The summed E-state index contributed by atoms with van der Waals surface area (Å²) in [5.74, 6) is 1.82. The quantitative estimate of drug-likeness (QED) is 0.905. The van der Waals surface area contributed by atoms with Crippen molar-refractivity contribution in [3.05, 3.63) is 42.0 Å². The number of nitrogens with zero attached hydrogens (tertiary/aromatic N) is 3. The van der Waals surface area contributed by atoms with Crippen LogP contribution in [0.1, 0.15) is 24.7 Å². The summed E-state index contributed by atoms with van der Waals surface area (Å²) in [5.41, 5.74) is 7.26.